The van der Waals surface area contributed by atoms with E-state index >= 15 is 0 Å². The van der Waals surface area contributed by atoms with Gasteiger partial charge in [-0.3, -0.25) is 9.36 Å². The number of rotatable bonds is 8. The zero-order chi connectivity index (χ0) is 16.8. The van der Waals surface area contributed by atoms with Crippen LogP contribution in [0, 0.1) is 20.8 Å². The molecule has 0 aliphatic heterocycles. The number of ether oxygens (including phenoxy) is 1. The maximum Gasteiger partial charge on any atom is 0.253 e. The normalized spacial score (nSPS) is 11.0. The van der Waals surface area contributed by atoms with Gasteiger partial charge in [-0.25, -0.2) is 0 Å². The molecule has 126 valence electrons. The Bertz CT molecular complexity index is 660. The highest BCUT2D eigenvalue weighted by Crippen LogP contribution is 2.20. The first kappa shape index (κ1) is 17.2. The third kappa shape index (κ3) is 4.20. The standard InChI is InChI=1S/C16H24N4O3/c1-11-9-14(16(21)18-6-5-17-7-8-22-4)13(3)20(11)15-10-12(2)23-19-15/h9-10,17H,5-8H2,1-4H3,(H,18,21). The van der Waals surface area contributed by atoms with Gasteiger partial charge in [0.15, 0.2) is 5.82 Å². The zero-order valence-corrected chi connectivity index (χ0v) is 14.1. The molecule has 0 atom stereocenters. The number of amides is 1. The third-order valence-corrected chi connectivity index (χ3v) is 3.59. The van der Waals surface area contributed by atoms with Gasteiger partial charge in [-0.15, -0.1) is 0 Å². The molecule has 0 aliphatic carbocycles. The average molecular weight is 320 g/mol. The first-order chi connectivity index (χ1) is 11.0. The molecule has 0 spiro atoms. The van der Waals surface area contributed by atoms with Crippen molar-refractivity contribution in [1.82, 2.24) is 20.4 Å². The van der Waals surface area contributed by atoms with Crippen LogP contribution in [-0.4, -0.2) is 49.0 Å². The SMILES string of the molecule is COCCNCCNC(=O)c1cc(C)n(-c2cc(C)on2)c1C. The van der Waals surface area contributed by atoms with Crippen LogP contribution in [0.15, 0.2) is 16.7 Å². The second-order valence-corrected chi connectivity index (χ2v) is 5.41. The average Bonchev–Trinajstić information content (AvgIpc) is 3.06. The van der Waals surface area contributed by atoms with Gasteiger partial charge in [0.1, 0.15) is 5.76 Å². The highest BCUT2D eigenvalue weighted by molar-refractivity contribution is 5.95. The molecule has 0 saturated carbocycles. The van der Waals surface area contributed by atoms with Crippen LogP contribution in [0.5, 0.6) is 0 Å². The summed E-state index contributed by atoms with van der Waals surface area (Å²) in [6.07, 6.45) is 0. The molecule has 2 aromatic heterocycles. The van der Waals surface area contributed by atoms with Crippen LogP contribution in [-0.2, 0) is 4.74 Å². The van der Waals surface area contributed by atoms with Crippen LogP contribution in [0.4, 0.5) is 0 Å². The molecule has 2 N–H and O–H groups in total. The van der Waals surface area contributed by atoms with Gasteiger partial charge in [-0.2, -0.15) is 0 Å². The summed E-state index contributed by atoms with van der Waals surface area (Å²) in [6, 6.07) is 3.72. The minimum atomic E-state index is -0.0851. The van der Waals surface area contributed by atoms with Crippen molar-refractivity contribution in [3.63, 3.8) is 0 Å². The summed E-state index contributed by atoms with van der Waals surface area (Å²) in [4.78, 5) is 12.3. The van der Waals surface area contributed by atoms with Crippen LogP contribution >= 0.6 is 0 Å². The maximum atomic E-state index is 12.3. The Morgan fingerprint density at radius 2 is 2.04 bits per heavy atom. The lowest BCUT2D eigenvalue weighted by atomic mass is 10.2. The van der Waals surface area contributed by atoms with Crippen molar-refractivity contribution in [1.29, 1.82) is 0 Å². The van der Waals surface area contributed by atoms with Gasteiger partial charge in [0.25, 0.3) is 5.91 Å². The molecule has 7 heteroatoms. The Labute approximate surface area is 136 Å². The third-order valence-electron chi connectivity index (χ3n) is 3.59. The number of hydrogen-bond donors (Lipinski definition) is 2. The molecule has 0 aliphatic rings. The van der Waals surface area contributed by atoms with E-state index in [4.69, 9.17) is 9.26 Å². The Kier molecular flexibility index (Phi) is 5.95. The van der Waals surface area contributed by atoms with E-state index in [0.717, 1.165) is 23.7 Å². The van der Waals surface area contributed by atoms with Gasteiger partial charge in [0.05, 0.1) is 12.2 Å². The smallest absolute Gasteiger partial charge is 0.253 e. The fraction of sp³-hybridized carbons (Fsp3) is 0.500. The van der Waals surface area contributed by atoms with Gasteiger partial charge in [0.2, 0.25) is 0 Å². The van der Waals surface area contributed by atoms with Crippen LogP contribution in [0.3, 0.4) is 0 Å². The predicted molar refractivity (Wildman–Crippen MR) is 87.1 cm³/mol. The molecule has 0 saturated heterocycles. The van der Waals surface area contributed by atoms with Gasteiger partial charge >= 0.3 is 0 Å². The Hall–Kier alpha value is -2.12. The highest BCUT2D eigenvalue weighted by atomic mass is 16.5. The lowest BCUT2D eigenvalue weighted by Crippen LogP contribution is -2.33. The first-order valence-electron chi connectivity index (χ1n) is 7.65. The number of aryl methyl sites for hydroxylation is 2. The van der Waals surface area contributed by atoms with Crippen molar-refractivity contribution in [2.45, 2.75) is 20.8 Å². The summed E-state index contributed by atoms with van der Waals surface area (Å²) in [5, 5.41) is 10.1. The Morgan fingerprint density at radius 3 is 2.70 bits per heavy atom. The summed E-state index contributed by atoms with van der Waals surface area (Å²) in [6.45, 7) is 8.39. The number of hydrogen-bond acceptors (Lipinski definition) is 5. The predicted octanol–water partition coefficient (Wildman–Crippen LogP) is 1.36. The van der Waals surface area contributed by atoms with E-state index in [0.29, 0.717) is 31.1 Å². The molecule has 0 aromatic carbocycles. The first-order valence-corrected chi connectivity index (χ1v) is 7.65. The maximum absolute atomic E-state index is 12.3. The van der Waals surface area contributed by atoms with Crippen molar-refractivity contribution >= 4 is 5.91 Å². The molecule has 0 radical (unpaired) electrons. The lowest BCUT2D eigenvalue weighted by molar-refractivity contribution is 0.0953. The minimum absolute atomic E-state index is 0.0851. The van der Waals surface area contributed by atoms with Crippen molar-refractivity contribution in [2.75, 3.05) is 33.4 Å². The fourth-order valence-electron chi connectivity index (χ4n) is 2.46. The zero-order valence-electron chi connectivity index (χ0n) is 14.1. The molecule has 2 aromatic rings. The molecule has 23 heavy (non-hydrogen) atoms. The van der Waals surface area contributed by atoms with Crippen molar-refractivity contribution in [3.8, 4) is 5.82 Å². The van der Waals surface area contributed by atoms with Gasteiger partial charge < -0.3 is 19.9 Å². The monoisotopic (exact) mass is 320 g/mol. The van der Waals surface area contributed by atoms with E-state index < -0.39 is 0 Å². The number of methoxy groups -OCH3 is 1. The van der Waals surface area contributed by atoms with E-state index in [9.17, 15) is 4.79 Å². The molecule has 1 amide bonds. The van der Waals surface area contributed by atoms with Crippen molar-refractivity contribution in [2.24, 2.45) is 0 Å². The van der Waals surface area contributed by atoms with Gasteiger partial charge in [-0.1, -0.05) is 5.16 Å². The number of carbonyl (C=O) groups excluding carboxylic acids is 1. The lowest BCUT2D eigenvalue weighted by Gasteiger charge is -2.07. The Morgan fingerprint density at radius 1 is 1.26 bits per heavy atom. The second kappa shape index (κ2) is 7.94. The number of aromatic nitrogens is 2. The largest absolute Gasteiger partial charge is 0.383 e. The minimum Gasteiger partial charge on any atom is -0.383 e. The molecule has 2 heterocycles. The number of nitrogens with one attached hydrogen (secondary N) is 2. The summed E-state index contributed by atoms with van der Waals surface area (Å²) >= 11 is 0. The molecule has 0 unspecified atom stereocenters. The second-order valence-electron chi connectivity index (χ2n) is 5.41. The van der Waals surface area contributed by atoms with E-state index in [2.05, 4.69) is 15.8 Å². The topological polar surface area (TPSA) is 81.3 Å². The summed E-state index contributed by atoms with van der Waals surface area (Å²) < 4.78 is 12.0. The van der Waals surface area contributed by atoms with E-state index in [1.807, 2.05) is 37.5 Å². The molecule has 2 rings (SSSR count). The van der Waals surface area contributed by atoms with Gasteiger partial charge in [-0.05, 0) is 26.8 Å². The van der Waals surface area contributed by atoms with Crippen LogP contribution < -0.4 is 10.6 Å². The molecule has 7 nitrogen and oxygen atoms in total. The van der Waals surface area contributed by atoms with Crippen molar-refractivity contribution < 1.29 is 14.1 Å². The number of nitrogens with zero attached hydrogens (tertiary/aromatic N) is 2. The Balaban J connectivity index is 1.99. The van der Waals surface area contributed by atoms with Crippen LogP contribution in [0.1, 0.15) is 27.5 Å². The van der Waals surface area contributed by atoms with Gasteiger partial charge in [0, 0.05) is 44.2 Å². The summed E-state index contributed by atoms with van der Waals surface area (Å²) in [5.41, 5.74) is 2.44. The van der Waals surface area contributed by atoms with E-state index in [1.165, 1.54) is 0 Å². The molecule has 0 bridgehead atoms. The van der Waals surface area contributed by atoms with E-state index in [-0.39, 0.29) is 5.91 Å². The summed E-state index contributed by atoms with van der Waals surface area (Å²) in [5.74, 6) is 1.34. The van der Waals surface area contributed by atoms with Crippen LogP contribution in [0.2, 0.25) is 0 Å². The summed E-state index contributed by atoms with van der Waals surface area (Å²) in [7, 11) is 1.66. The highest BCUT2D eigenvalue weighted by Gasteiger charge is 2.17. The van der Waals surface area contributed by atoms with Crippen LogP contribution in [0.25, 0.3) is 5.82 Å². The van der Waals surface area contributed by atoms with Crippen molar-refractivity contribution in [3.05, 3.63) is 34.8 Å². The molecular formula is C16H24N4O3. The van der Waals surface area contributed by atoms with E-state index in [1.54, 1.807) is 7.11 Å². The fourth-order valence-corrected chi connectivity index (χ4v) is 2.46. The quantitative estimate of drug-likeness (QED) is 0.718. The molecule has 0 fully saturated rings. The number of carbonyl (C=O) groups is 1. The molecular weight excluding hydrogens is 296 g/mol.